The van der Waals surface area contributed by atoms with Gasteiger partial charge in [0, 0.05) is 3.57 Å². The maximum absolute atomic E-state index is 13.8. The summed E-state index contributed by atoms with van der Waals surface area (Å²) in [4.78, 5) is 35.6. The Balaban J connectivity index is 0.000000159. The van der Waals surface area contributed by atoms with Gasteiger partial charge in [-0.15, -0.1) is 0 Å². The van der Waals surface area contributed by atoms with E-state index in [4.69, 9.17) is 0 Å². The first-order chi connectivity index (χ1) is 24.7. The Hall–Kier alpha value is -4.47. The molecular weight excluding hydrogens is 811 g/mol. The van der Waals surface area contributed by atoms with Gasteiger partial charge in [-0.25, -0.2) is 27.5 Å². The highest BCUT2D eigenvalue weighted by molar-refractivity contribution is 14.1. The van der Waals surface area contributed by atoms with Crippen molar-refractivity contribution in [1.29, 1.82) is 0 Å². The zero-order chi connectivity index (χ0) is 35.6. The van der Waals surface area contributed by atoms with E-state index >= 15 is 0 Å². The molecule has 0 bridgehead atoms. The largest absolute Gasteiger partial charge is 0.298 e. The monoisotopic (exact) mass is 838 g/mol. The fourth-order valence-electron chi connectivity index (χ4n) is 6.16. The molecule has 0 saturated carbocycles. The average molecular weight is 839 g/mol. The van der Waals surface area contributed by atoms with Crippen molar-refractivity contribution in [2.75, 3.05) is 10.6 Å². The van der Waals surface area contributed by atoms with Crippen molar-refractivity contribution >= 4 is 67.3 Å². The molecule has 2 N–H and O–H groups in total. The lowest BCUT2D eigenvalue weighted by Crippen LogP contribution is -2.15. The van der Waals surface area contributed by atoms with Crippen LogP contribution in [0.15, 0.2) is 78.9 Å². The summed E-state index contributed by atoms with van der Waals surface area (Å²) in [5, 5.41) is 5.79. The van der Waals surface area contributed by atoms with Crippen molar-refractivity contribution in [3.63, 3.8) is 0 Å². The van der Waals surface area contributed by atoms with Crippen molar-refractivity contribution in [2.45, 2.75) is 38.5 Å². The van der Waals surface area contributed by atoms with Crippen molar-refractivity contribution in [3.8, 4) is 20.9 Å². The van der Waals surface area contributed by atoms with Gasteiger partial charge in [0.2, 0.25) is 0 Å². The Morgan fingerprint density at radius 2 is 1.06 bits per heavy atom. The van der Waals surface area contributed by atoms with E-state index < -0.39 is 46.2 Å². The van der Waals surface area contributed by atoms with Crippen LogP contribution in [0.2, 0.25) is 0 Å². The Morgan fingerprint density at radius 1 is 0.588 bits per heavy atom. The molecule has 2 amide bonds. The lowest BCUT2D eigenvalue weighted by atomic mass is 10.0. The summed E-state index contributed by atoms with van der Waals surface area (Å²) >= 11 is 4.97. The van der Waals surface area contributed by atoms with E-state index in [1.54, 1.807) is 0 Å². The molecule has 0 saturated heterocycles. The third-order valence-corrected chi connectivity index (χ3v) is 11.3. The van der Waals surface area contributed by atoms with Crippen molar-refractivity contribution in [3.05, 3.63) is 139 Å². The number of fused-ring (bicyclic) bond motifs is 6. The molecule has 2 aromatic heterocycles. The maximum Gasteiger partial charge on any atom is 0.263 e. The second-order valence-corrected chi connectivity index (χ2v) is 15.1. The number of thiazole rings is 2. The van der Waals surface area contributed by atoms with E-state index in [2.05, 4.69) is 61.4 Å². The second kappa shape index (κ2) is 15.0. The minimum atomic E-state index is -0.888. The van der Waals surface area contributed by atoms with Gasteiger partial charge in [-0.3, -0.25) is 20.2 Å². The topological polar surface area (TPSA) is 84.0 Å². The van der Waals surface area contributed by atoms with E-state index in [0.29, 0.717) is 10.3 Å². The first-order valence-corrected chi connectivity index (χ1v) is 18.7. The number of hydrogen-bond acceptors (Lipinski definition) is 6. The van der Waals surface area contributed by atoms with Crippen LogP contribution in [0.4, 0.5) is 27.8 Å². The van der Waals surface area contributed by atoms with Crippen LogP contribution in [0.3, 0.4) is 0 Å². The summed E-state index contributed by atoms with van der Waals surface area (Å²) in [6.45, 7) is 0. The number of hydrogen-bond donors (Lipinski definition) is 2. The number of benzene rings is 4. The minimum Gasteiger partial charge on any atom is -0.298 e. The molecule has 0 atom stereocenters. The number of rotatable bonds is 4. The Bertz CT molecular complexity index is 2270. The van der Waals surface area contributed by atoms with E-state index in [9.17, 15) is 27.2 Å². The number of nitrogens with zero attached hydrogens (tertiary/aromatic N) is 2. The van der Waals surface area contributed by atoms with Crippen molar-refractivity contribution < 1.29 is 27.2 Å². The molecule has 258 valence electrons. The zero-order valence-corrected chi connectivity index (χ0v) is 30.5. The molecule has 2 heterocycles. The smallest absolute Gasteiger partial charge is 0.263 e. The highest BCUT2D eigenvalue weighted by Crippen LogP contribution is 2.40. The standard InChI is InChI=1S/C19H13F2IN2OS.C19H14F2N2OS/c20-13-4-2-5-14(21)16(13)18(25)24-19-23-15-6-1-3-10-9-11(22)7-8-12(10)17(15)26-19;20-13-8-4-9-14(21)16(13)18(24)23-19-22-15-10-3-6-11-5-1-2-7-12(11)17(15)25-19/h2,4-5,7-9H,1,3,6H2,(H,23,24,25);1-2,4-5,7-9H,3,6,10H2,(H,22,23,24). The van der Waals surface area contributed by atoms with Gasteiger partial charge >= 0.3 is 0 Å². The molecule has 4 aromatic carbocycles. The quantitative estimate of drug-likeness (QED) is 0.137. The molecule has 2 aliphatic rings. The maximum atomic E-state index is 13.8. The molecule has 13 heteroatoms. The van der Waals surface area contributed by atoms with Gasteiger partial charge < -0.3 is 0 Å². The number of halogens is 5. The molecular formula is C38H27F4IN4O2S2. The normalized spacial score (nSPS) is 12.9. The summed E-state index contributed by atoms with van der Waals surface area (Å²) in [5.74, 6) is -5.21. The summed E-state index contributed by atoms with van der Waals surface area (Å²) < 4.78 is 56.3. The highest BCUT2D eigenvalue weighted by atomic mass is 127. The van der Waals surface area contributed by atoms with Crippen LogP contribution < -0.4 is 10.6 Å². The predicted molar refractivity (Wildman–Crippen MR) is 200 cm³/mol. The molecule has 2 aliphatic carbocycles. The lowest BCUT2D eigenvalue weighted by molar-refractivity contribution is 0.101. The van der Waals surface area contributed by atoms with Crippen LogP contribution in [-0.4, -0.2) is 21.8 Å². The van der Waals surface area contributed by atoms with Crippen LogP contribution in [-0.2, 0) is 25.7 Å². The lowest BCUT2D eigenvalue weighted by Gasteiger charge is -2.06. The fraction of sp³-hybridized carbons (Fsp3) is 0.158. The summed E-state index contributed by atoms with van der Waals surface area (Å²) in [6, 6.07) is 21.1. The first kappa shape index (κ1) is 35.0. The number of aromatic nitrogens is 2. The molecule has 0 fully saturated rings. The van der Waals surface area contributed by atoms with Crippen LogP contribution in [0.1, 0.15) is 56.1 Å². The molecule has 0 spiro atoms. The number of anilines is 2. The number of carbonyl (C=O) groups is 2. The van der Waals surface area contributed by atoms with E-state index in [1.807, 2.05) is 24.3 Å². The number of aryl methyl sites for hydroxylation is 4. The van der Waals surface area contributed by atoms with Gasteiger partial charge in [0.1, 0.15) is 34.4 Å². The molecule has 6 aromatic rings. The summed E-state index contributed by atoms with van der Waals surface area (Å²) in [5.41, 5.74) is 5.40. The van der Waals surface area contributed by atoms with E-state index in [-0.39, 0.29) is 0 Å². The SMILES string of the molecule is O=C(Nc1nc2c(s1)-c1ccc(I)cc1CCC2)c1c(F)cccc1F.O=C(Nc1nc2c(s1)-c1ccccc1CCC2)c1c(F)cccc1F. The Labute approximate surface area is 312 Å². The van der Waals surface area contributed by atoms with Crippen LogP contribution >= 0.6 is 45.3 Å². The first-order valence-electron chi connectivity index (χ1n) is 16.0. The Kier molecular flexibility index (Phi) is 10.3. The van der Waals surface area contributed by atoms with Crippen LogP contribution in [0.5, 0.6) is 0 Å². The molecule has 0 unspecified atom stereocenters. The van der Waals surface area contributed by atoms with Gasteiger partial charge in [-0.05, 0) is 120 Å². The zero-order valence-electron chi connectivity index (χ0n) is 26.7. The van der Waals surface area contributed by atoms with Gasteiger partial charge in [0.25, 0.3) is 11.8 Å². The van der Waals surface area contributed by atoms with Gasteiger partial charge in [-0.1, -0.05) is 65.1 Å². The van der Waals surface area contributed by atoms with E-state index in [0.717, 1.165) is 95.1 Å². The molecule has 6 nitrogen and oxygen atoms in total. The van der Waals surface area contributed by atoms with Crippen molar-refractivity contribution in [1.82, 2.24) is 9.97 Å². The minimum absolute atomic E-state index is 0.356. The number of nitrogens with one attached hydrogen (secondary N) is 2. The van der Waals surface area contributed by atoms with Gasteiger partial charge in [0.15, 0.2) is 10.3 Å². The second-order valence-electron chi connectivity index (χ2n) is 11.9. The number of carbonyl (C=O) groups excluding carboxylic acids is 2. The summed E-state index contributed by atoms with van der Waals surface area (Å²) in [7, 11) is 0. The third-order valence-electron chi connectivity index (χ3n) is 8.51. The van der Waals surface area contributed by atoms with Crippen molar-refractivity contribution in [2.24, 2.45) is 0 Å². The molecule has 0 aliphatic heterocycles. The average Bonchev–Trinajstić information content (AvgIpc) is 3.58. The van der Waals surface area contributed by atoms with Crippen LogP contribution in [0.25, 0.3) is 20.9 Å². The number of amides is 2. The van der Waals surface area contributed by atoms with Crippen LogP contribution in [0, 0.1) is 26.8 Å². The third kappa shape index (κ3) is 7.46. The summed E-state index contributed by atoms with van der Waals surface area (Å²) in [6.07, 6.45) is 5.53. The molecule has 51 heavy (non-hydrogen) atoms. The predicted octanol–water partition coefficient (Wildman–Crippen LogP) is 10.3. The molecule has 0 radical (unpaired) electrons. The highest BCUT2D eigenvalue weighted by Gasteiger charge is 2.24. The van der Waals surface area contributed by atoms with Gasteiger partial charge in [-0.2, -0.15) is 0 Å². The van der Waals surface area contributed by atoms with Gasteiger partial charge in [0.05, 0.1) is 21.1 Å². The fourth-order valence-corrected chi connectivity index (χ4v) is 8.85. The molecule has 8 rings (SSSR count). The van der Waals surface area contributed by atoms with E-state index in [1.165, 1.54) is 49.5 Å². The Morgan fingerprint density at radius 3 is 1.59 bits per heavy atom.